The smallest absolute Gasteiger partial charge is 0.303 e. The van der Waals surface area contributed by atoms with Crippen LogP contribution in [-0.4, -0.2) is 61.5 Å². The fraction of sp³-hybridized carbons (Fsp3) is 0.789. The van der Waals surface area contributed by atoms with Crippen LogP contribution in [0.4, 0.5) is 0 Å². The van der Waals surface area contributed by atoms with Gasteiger partial charge in [-0.3, -0.25) is 19.2 Å². The highest BCUT2D eigenvalue weighted by molar-refractivity contribution is 5.84. The molecule has 0 fully saturated rings. The Kier molecular flexibility index (Phi) is 16.8. The highest BCUT2D eigenvalue weighted by Gasteiger charge is 2.06. The van der Waals surface area contributed by atoms with Crippen LogP contribution in [0, 0.1) is 0 Å². The van der Waals surface area contributed by atoms with Crippen molar-refractivity contribution in [3.63, 3.8) is 0 Å². The Morgan fingerprint density at radius 1 is 0.643 bits per heavy atom. The lowest BCUT2D eigenvalue weighted by molar-refractivity contribution is -0.137. The van der Waals surface area contributed by atoms with Gasteiger partial charge >= 0.3 is 5.97 Å². The van der Waals surface area contributed by atoms with Crippen LogP contribution in [0.5, 0.6) is 0 Å². The van der Waals surface area contributed by atoms with Crippen molar-refractivity contribution in [2.24, 2.45) is 0 Å². The van der Waals surface area contributed by atoms with Crippen LogP contribution in [0.1, 0.15) is 64.7 Å². The molecule has 3 amide bonds. The van der Waals surface area contributed by atoms with Gasteiger partial charge in [-0.1, -0.05) is 26.2 Å². The van der Waals surface area contributed by atoms with Crippen molar-refractivity contribution < 1.29 is 24.3 Å². The molecule has 0 radical (unpaired) electrons. The standard InChI is InChI=1S/C19H36N4O5/c1-2-3-4-5-11-20-12-7-9-17(25)23-15-18(26)22-14-13-21-16(24)8-6-10-19(27)28/h20H,2-15H2,1H3,(H,21,24)(H,22,26)(H,23,25)(H,27,28). The highest BCUT2D eigenvalue weighted by atomic mass is 16.4. The van der Waals surface area contributed by atoms with Gasteiger partial charge in [-0.15, -0.1) is 0 Å². The second-order valence-corrected chi connectivity index (χ2v) is 6.64. The van der Waals surface area contributed by atoms with Gasteiger partial charge in [0.1, 0.15) is 0 Å². The molecule has 5 N–H and O–H groups in total. The van der Waals surface area contributed by atoms with Gasteiger partial charge in [-0.05, 0) is 32.4 Å². The molecular weight excluding hydrogens is 364 g/mol. The third-order valence-corrected chi connectivity index (χ3v) is 3.97. The molecule has 0 bridgehead atoms. The maximum atomic E-state index is 11.7. The maximum absolute atomic E-state index is 11.7. The number of rotatable bonds is 18. The van der Waals surface area contributed by atoms with E-state index in [0.29, 0.717) is 6.42 Å². The normalized spacial score (nSPS) is 10.3. The molecule has 28 heavy (non-hydrogen) atoms. The molecule has 0 heterocycles. The zero-order valence-electron chi connectivity index (χ0n) is 17.0. The summed E-state index contributed by atoms with van der Waals surface area (Å²) < 4.78 is 0. The van der Waals surface area contributed by atoms with E-state index < -0.39 is 5.97 Å². The average Bonchev–Trinajstić information content (AvgIpc) is 2.65. The van der Waals surface area contributed by atoms with Crippen LogP contribution >= 0.6 is 0 Å². The molecule has 0 aromatic heterocycles. The first-order valence-corrected chi connectivity index (χ1v) is 10.2. The van der Waals surface area contributed by atoms with E-state index in [1.165, 1.54) is 19.3 Å². The number of hydrogen-bond donors (Lipinski definition) is 5. The van der Waals surface area contributed by atoms with Crippen molar-refractivity contribution in [2.75, 3.05) is 32.7 Å². The van der Waals surface area contributed by atoms with Crippen molar-refractivity contribution in [1.29, 1.82) is 0 Å². The molecule has 0 spiro atoms. The fourth-order valence-electron chi connectivity index (χ4n) is 2.40. The number of carbonyl (C=O) groups is 4. The number of carbonyl (C=O) groups excluding carboxylic acids is 3. The second kappa shape index (κ2) is 18.2. The first kappa shape index (κ1) is 25.8. The topological polar surface area (TPSA) is 137 Å². The Morgan fingerprint density at radius 3 is 1.93 bits per heavy atom. The number of unbranched alkanes of at least 4 members (excludes halogenated alkanes) is 3. The van der Waals surface area contributed by atoms with Crippen LogP contribution in [0.2, 0.25) is 0 Å². The summed E-state index contributed by atoms with van der Waals surface area (Å²) in [7, 11) is 0. The van der Waals surface area contributed by atoms with E-state index in [1.807, 2.05) is 0 Å². The largest absolute Gasteiger partial charge is 0.481 e. The van der Waals surface area contributed by atoms with Crippen molar-refractivity contribution in [1.82, 2.24) is 21.3 Å². The Hall–Kier alpha value is -2.16. The Morgan fingerprint density at radius 2 is 1.25 bits per heavy atom. The molecule has 0 saturated carbocycles. The minimum atomic E-state index is -0.930. The predicted molar refractivity (Wildman–Crippen MR) is 107 cm³/mol. The summed E-state index contributed by atoms with van der Waals surface area (Å²) >= 11 is 0. The number of amides is 3. The van der Waals surface area contributed by atoms with Crippen LogP contribution in [-0.2, 0) is 19.2 Å². The lowest BCUT2D eigenvalue weighted by Gasteiger charge is -2.08. The summed E-state index contributed by atoms with van der Waals surface area (Å²) in [5.41, 5.74) is 0. The lowest BCUT2D eigenvalue weighted by atomic mass is 10.2. The minimum absolute atomic E-state index is 0.0428. The van der Waals surface area contributed by atoms with E-state index in [4.69, 9.17) is 5.11 Å². The lowest BCUT2D eigenvalue weighted by Crippen LogP contribution is -2.40. The number of nitrogens with one attached hydrogen (secondary N) is 4. The van der Waals surface area contributed by atoms with Gasteiger partial charge in [0.2, 0.25) is 17.7 Å². The average molecular weight is 401 g/mol. The molecular formula is C19H36N4O5. The Bertz CT molecular complexity index is 471. The molecule has 0 aromatic rings. The number of hydrogen-bond acceptors (Lipinski definition) is 5. The van der Waals surface area contributed by atoms with Gasteiger partial charge in [0.05, 0.1) is 6.54 Å². The number of carboxylic acid groups (broad SMARTS) is 1. The number of aliphatic carboxylic acids is 1. The van der Waals surface area contributed by atoms with Crippen LogP contribution < -0.4 is 21.3 Å². The van der Waals surface area contributed by atoms with E-state index in [1.54, 1.807) is 0 Å². The van der Waals surface area contributed by atoms with Crippen LogP contribution in [0.3, 0.4) is 0 Å². The SMILES string of the molecule is CCCCCCNCCCC(=O)NCC(=O)NCCNC(=O)CCCC(=O)O. The van der Waals surface area contributed by atoms with E-state index in [9.17, 15) is 19.2 Å². The summed E-state index contributed by atoms with van der Waals surface area (Å²) in [5, 5.41) is 19.5. The van der Waals surface area contributed by atoms with Gasteiger partial charge in [-0.25, -0.2) is 0 Å². The molecule has 0 aliphatic heterocycles. The minimum Gasteiger partial charge on any atom is -0.481 e. The number of carboxylic acids is 1. The Labute approximate surface area is 167 Å². The van der Waals surface area contributed by atoms with Crippen molar-refractivity contribution in [3.05, 3.63) is 0 Å². The van der Waals surface area contributed by atoms with Gasteiger partial charge in [0.25, 0.3) is 0 Å². The zero-order valence-corrected chi connectivity index (χ0v) is 17.0. The van der Waals surface area contributed by atoms with Gasteiger partial charge in [0, 0.05) is 32.4 Å². The van der Waals surface area contributed by atoms with Crippen LogP contribution in [0.25, 0.3) is 0 Å². The molecule has 9 nitrogen and oxygen atoms in total. The van der Waals surface area contributed by atoms with E-state index >= 15 is 0 Å². The Balaban J connectivity index is 3.49. The first-order valence-electron chi connectivity index (χ1n) is 10.2. The highest BCUT2D eigenvalue weighted by Crippen LogP contribution is 1.97. The zero-order chi connectivity index (χ0) is 21.0. The summed E-state index contributed by atoms with van der Waals surface area (Å²) in [4.78, 5) is 45.1. The van der Waals surface area contributed by atoms with Gasteiger partial charge in [-0.2, -0.15) is 0 Å². The first-order chi connectivity index (χ1) is 13.5. The third-order valence-electron chi connectivity index (χ3n) is 3.97. The molecule has 0 aliphatic rings. The summed E-state index contributed by atoms with van der Waals surface area (Å²) in [6.45, 7) is 4.36. The monoisotopic (exact) mass is 400 g/mol. The molecule has 9 heteroatoms. The molecule has 0 saturated heterocycles. The quantitative estimate of drug-likeness (QED) is 0.213. The van der Waals surface area contributed by atoms with Crippen molar-refractivity contribution in [2.45, 2.75) is 64.7 Å². The van der Waals surface area contributed by atoms with Crippen molar-refractivity contribution >= 4 is 23.7 Å². The van der Waals surface area contributed by atoms with Crippen molar-refractivity contribution in [3.8, 4) is 0 Å². The summed E-state index contributed by atoms with van der Waals surface area (Å²) in [6.07, 6.45) is 6.35. The van der Waals surface area contributed by atoms with E-state index in [-0.39, 0.29) is 56.6 Å². The van der Waals surface area contributed by atoms with Gasteiger partial charge in [0.15, 0.2) is 0 Å². The van der Waals surface area contributed by atoms with E-state index in [2.05, 4.69) is 28.2 Å². The molecule has 0 atom stereocenters. The summed E-state index contributed by atoms with van der Waals surface area (Å²) in [6, 6.07) is 0. The molecule has 0 aliphatic carbocycles. The predicted octanol–water partition coefficient (Wildman–Crippen LogP) is 0.540. The molecule has 0 aromatic carbocycles. The third kappa shape index (κ3) is 18.6. The summed E-state index contributed by atoms with van der Waals surface area (Å²) in [5.74, 6) is -1.65. The molecule has 0 unspecified atom stereocenters. The molecule has 162 valence electrons. The van der Waals surface area contributed by atoms with Gasteiger partial charge < -0.3 is 26.4 Å². The molecule has 0 rings (SSSR count). The van der Waals surface area contributed by atoms with E-state index in [0.717, 1.165) is 25.9 Å². The maximum Gasteiger partial charge on any atom is 0.303 e. The fourth-order valence-corrected chi connectivity index (χ4v) is 2.40. The second-order valence-electron chi connectivity index (χ2n) is 6.64. The van der Waals surface area contributed by atoms with Crippen LogP contribution in [0.15, 0.2) is 0 Å².